The smallest absolute Gasteiger partial charge is 0.123 e. The molecule has 1 aromatic heterocycles. The predicted octanol–water partition coefficient (Wildman–Crippen LogP) is 2.35. The minimum Gasteiger partial charge on any atom is -0.329 e. The molecule has 4 heteroatoms. The summed E-state index contributed by atoms with van der Waals surface area (Å²) in [5, 5.41) is 0. The van der Waals surface area contributed by atoms with Crippen LogP contribution in [0, 0.1) is 5.82 Å². The first kappa shape index (κ1) is 13.6. The number of likely N-dealkylation sites (N-methyl/N-ethyl adjacent to an activating group) is 1. The summed E-state index contributed by atoms with van der Waals surface area (Å²) in [5.74, 6) is -0.231. The molecule has 0 aliphatic rings. The van der Waals surface area contributed by atoms with E-state index in [1.54, 1.807) is 12.3 Å². The van der Waals surface area contributed by atoms with E-state index in [1.165, 1.54) is 12.1 Å². The molecule has 2 N–H and O–H groups in total. The first-order chi connectivity index (χ1) is 9.20. The fraction of sp³-hybridized carbons (Fsp3) is 0.267. The molecule has 1 unspecified atom stereocenters. The Morgan fingerprint density at radius 2 is 2.16 bits per heavy atom. The Morgan fingerprint density at radius 3 is 2.79 bits per heavy atom. The molecule has 0 aliphatic heterocycles. The predicted molar refractivity (Wildman–Crippen MR) is 73.9 cm³/mol. The number of hydrogen-bond acceptors (Lipinski definition) is 3. The summed E-state index contributed by atoms with van der Waals surface area (Å²) >= 11 is 0. The van der Waals surface area contributed by atoms with Crippen molar-refractivity contribution in [3.8, 4) is 0 Å². The average Bonchev–Trinajstić information content (AvgIpc) is 2.41. The van der Waals surface area contributed by atoms with E-state index >= 15 is 0 Å². The van der Waals surface area contributed by atoms with Gasteiger partial charge in [-0.2, -0.15) is 0 Å². The molecule has 0 aliphatic carbocycles. The van der Waals surface area contributed by atoms with E-state index in [-0.39, 0.29) is 11.9 Å². The Bertz CT molecular complexity index is 516. The highest BCUT2D eigenvalue weighted by molar-refractivity contribution is 5.21. The van der Waals surface area contributed by atoms with Crippen molar-refractivity contribution in [2.45, 2.75) is 12.6 Å². The molecule has 2 aromatic rings. The van der Waals surface area contributed by atoms with E-state index in [0.717, 1.165) is 17.7 Å². The quantitative estimate of drug-likeness (QED) is 0.896. The van der Waals surface area contributed by atoms with E-state index in [1.807, 2.05) is 31.4 Å². The molecule has 0 amide bonds. The second kappa shape index (κ2) is 6.41. The van der Waals surface area contributed by atoms with Crippen molar-refractivity contribution < 1.29 is 4.39 Å². The van der Waals surface area contributed by atoms with E-state index < -0.39 is 0 Å². The van der Waals surface area contributed by atoms with E-state index in [4.69, 9.17) is 5.73 Å². The van der Waals surface area contributed by atoms with Gasteiger partial charge in [0, 0.05) is 31.5 Å². The molecule has 2 rings (SSSR count). The Hall–Kier alpha value is -1.78. The summed E-state index contributed by atoms with van der Waals surface area (Å²) in [6, 6.07) is 10.5. The van der Waals surface area contributed by atoms with Crippen LogP contribution in [0.2, 0.25) is 0 Å². The molecule has 1 atom stereocenters. The van der Waals surface area contributed by atoms with Gasteiger partial charge in [0.05, 0.1) is 0 Å². The summed E-state index contributed by atoms with van der Waals surface area (Å²) in [5.41, 5.74) is 7.84. The fourth-order valence-electron chi connectivity index (χ4n) is 2.17. The topological polar surface area (TPSA) is 42.2 Å². The number of halogens is 1. The van der Waals surface area contributed by atoms with E-state index in [0.29, 0.717) is 6.54 Å². The van der Waals surface area contributed by atoms with Crippen molar-refractivity contribution in [3.63, 3.8) is 0 Å². The Labute approximate surface area is 112 Å². The summed E-state index contributed by atoms with van der Waals surface area (Å²) in [7, 11) is 1.98. The Morgan fingerprint density at radius 1 is 1.32 bits per heavy atom. The molecule has 1 aromatic carbocycles. The van der Waals surface area contributed by atoms with Crippen LogP contribution in [0.25, 0.3) is 0 Å². The minimum atomic E-state index is -0.231. The van der Waals surface area contributed by atoms with Gasteiger partial charge >= 0.3 is 0 Å². The van der Waals surface area contributed by atoms with Crippen LogP contribution < -0.4 is 5.73 Å². The molecule has 100 valence electrons. The van der Waals surface area contributed by atoms with Crippen molar-refractivity contribution in [2.75, 3.05) is 13.6 Å². The average molecular weight is 259 g/mol. The van der Waals surface area contributed by atoms with Gasteiger partial charge in [0.2, 0.25) is 0 Å². The monoisotopic (exact) mass is 259 g/mol. The summed E-state index contributed by atoms with van der Waals surface area (Å²) in [6.45, 7) is 1.17. The van der Waals surface area contributed by atoms with Crippen LogP contribution in [-0.4, -0.2) is 23.5 Å². The van der Waals surface area contributed by atoms with Gasteiger partial charge in [-0.3, -0.25) is 9.88 Å². The standard InChI is InChI=1S/C15H18FN3/c1-19(11-12-4-3-7-18-10-12)15(9-17)13-5-2-6-14(16)8-13/h2-8,10,15H,9,11,17H2,1H3. The van der Waals surface area contributed by atoms with Crippen molar-refractivity contribution in [1.29, 1.82) is 0 Å². The molecule has 19 heavy (non-hydrogen) atoms. The third kappa shape index (κ3) is 3.59. The number of nitrogens with two attached hydrogens (primary N) is 1. The van der Waals surface area contributed by atoms with Crippen molar-refractivity contribution in [1.82, 2.24) is 9.88 Å². The van der Waals surface area contributed by atoms with E-state index in [2.05, 4.69) is 9.88 Å². The van der Waals surface area contributed by atoms with Crippen LogP contribution in [0.3, 0.4) is 0 Å². The fourth-order valence-corrected chi connectivity index (χ4v) is 2.17. The largest absolute Gasteiger partial charge is 0.329 e. The van der Waals surface area contributed by atoms with Gasteiger partial charge in [-0.15, -0.1) is 0 Å². The van der Waals surface area contributed by atoms with Gasteiger partial charge in [0.25, 0.3) is 0 Å². The van der Waals surface area contributed by atoms with Crippen molar-refractivity contribution >= 4 is 0 Å². The zero-order valence-electron chi connectivity index (χ0n) is 11.0. The highest BCUT2D eigenvalue weighted by Crippen LogP contribution is 2.20. The highest BCUT2D eigenvalue weighted by Gasteiger charge is 2.16. The van der Waals surface area contributed by atoms with Crippen molar-refractivity contribution in [2.24, 2.45) is 5.73 Å². The lowest BCUT2D eigenvalue weighted by atomic mass is 10.1. The van der Waals surface area contributed by atoms with Crippen LogP contribution >= 0.6 is 0 Å². The number of aromatic nitrogens is 1. The molecule has 3 nitrogen and oxygen atoms in total. The molecular formula is C15H18FN3. The van der Waals surface area contributed by atoms with E-state index in [9.17, 15) is 4.39 Å². The zero-order valence-corrected chi connectivity index (χ0v) is 11.0. The maximum absolute atomic E-state index is 13.3. The second-order valence-corrected chi connectivity index (χ2v) is 4.58. The zero-order chi connectivity index (χ0) is 13.7. The van der Waals surface area contributed by atoms with Crippen LogP contribution in [-0.2, 0) is 6.54 Å². The van der Waals surface area contributed by atoms with Crippen LogP contribution in [0.15, 0.2) is 48.8 Å². The molecule has 0 spiro atoms. The molecule has 0 saturated heterocycles. The normalized spacial score (nSPS) is 12.6. The molecule has 1 heterocycles. The minimum absolute atomic E-state index is 0.00379. The SMILES string of the molecule is CN(Cc1cccnc1)C(CN)c1cccc(F)c1. The first-order valence-corrected chi connectivity index (χ1v) is 6.25. The summed E-state index contributed by atoms with van der Waals surface area (Å²) in [4.78, 5) is 6.19. The lowest BCUT2D eigenvalue weighted by molar-refractivity contribution is 0.241. The number of nitrogens with zero attached hydrogens (tertiary/aromatic N) is 2. The number of rotatable bonds is 5. The third-order valence-electron chi connectivity index (χ3n) is 3.14. The summed E-state index contributed by atoms with van der Waals surface area (Å²) < 4.78 is 13.3. The lowest BCUT2D eigenvalue weighted by Crippen LogP contribution is -2.30. The van der Waals surface area contributed by atoms with Crippen molar-refractivity contribution in [3.05, 3.63) is 65.7 Å². The molecule has 0 radical (unpaired) electrons. The highest BCUT2D eigenvalue weighted by atomic mass is 19.1. The van der Waals surface area contributed by atoms with Gasteiger partial charge in [-0.1, -0.05) is 18.2 Å². The summed E-state index contributed by atoms with van der Waals surface area (Å²) in [6.07, 6.45) is 3.58. The first-order valence-electron chi connectivity index (χ1n) is 6.25. The Balaban J connectivity index is 2.13. The lowest BCUT2D eigenvalue weighted by Gasteiger charge is -2.27. The molecule has 0 fully saturated rings. The molecule has 0 saturated carbocycles. The van der Waals surface area contributed by atoms with Gasteiger partial charge in [0.15, 0.2) is 0 Å². The molecule has 0 bridgehead atoms. The number of pyridine rings is 1. The van der Waals surface area contributed by atoms with Gasteiger partial charge in [-0.05, 0) is 36.4 Å². The van der Waals surface area contributed by atoms with Gasteiger partial charge in [0.1, 0.15) is 5.82 Å². The molecular weight excluding hydrogens is 241 g/mol. The van der Waals surface area contributed by atoms with Crippen LogP contribution in [0.4, 0.5) is 4.39 Å². The Kier molecular flexibility index (Phi) is 4.60. The number of benzene rings is 1. The van der Waals surface area contributed by atoms with Crippen LogP contribution in [0.5, 0.6) is 0 Å². The van der Waals surface area contributed by atoms with Gasteiger partial charge in [-0.25, -0.2) is 4.39 Å². The second-order valence-electron chi connectivity index (χ2n) is 4.58. The van der Waals surface area contributed by atoms with Gasteiger partial charge < -0.3 is 5.73 Å². The maximum Gasteiger partial charge on any atom is 0.123 e. The third-order valence-corrected chi connectivity index (χ3v) is 3.14. The maximum atomic E-state index is 13.3. The number of hydrogen-bond donors (Lipinski definition) is 1. The van der Waals surface area contributed by atoms with Crippen LogP contribution in [0.1, 0.15) is 17.2 Å².